The van der Waals surface area contributed by atoms with Gasteiger partial charge < -0.3 is 13.6 Å². The van der Waals surface area contributed by atoms with Crippen molar-refractivity contribution in [1.29, 1.82) is 0 Å². The summed E-state index contributed by atoms with van der Waals surface area (Å²) in [6.45, 7) is -0.282. The maximum atomic E-state index is 12.7. The van der Waals surface area contributed by atoms with E-state index in [1.807, 2.05) is 0 Å². The molecule has 118 valence electrons. The molecule has 1 N–H and O–H groups in total. The summed E-state index contributed by atoms with van der Waals surface area (Å²) in [5.41, 5.74) is 0. The zero-order valence-electron chi connectivity index (χ0n) is 11.5. The number of carbonyl (C=O) groups excluding carboxylic acids is 1. The minimum absolute atomic E-state index is 0.0831. The molecule has 3 aromatic rings. The summed E-state index contributed by atoms with van der Waals surface area (Å²) in [4.78, 5) is 11.7. The molecular formula is C14H9BrFN3O4. The Balaban J connectivity index is 1.56. The second-order valence-corrected chi connectivity index (χ2v) is 5.09. The van der Waals surface area contributed by atoms with E-state index in [-0.39, 0.29) is 24.3 Å². The predicted molar refractivity (Wildman–Crippen MR) is 80.2 cm³/mol. The Bertz CT molecular complexity index is 816. The summed E-state index contributed by atoms with van der Waals surface area (Å²) in [5.74, 6) is -0.0130. The third-order valence-corrected chi connectivity index (χ3v) is 3.07. The monoisotopic (exact) mass is 381 g/mol. The first-order valence-corrected chi connectivity index (χ1v) is 7.17. The number of anilines is 1. The van der Waals surface area contributed by atoms with Crippen molar-refractivity contribution in [2.24, 2.45) is 0 Å². The van der Waals surface area contributed by atoms with Gasteiger partial charge in [-0.2, -0.15) is 0 Å². The van der Waals surface area contributed by atoms with Crippen LogP contribution in [-0.2, 0) is 4.79 Å². The molecule has 1 aromatic carbocycles. The fraction of sp³-hybridized carbons (Fsp3) is 0.0714. The summed E-state index contributed by atoms with van der Waals surface area (Å²) in [6.07, 6.45) is 0. The number of ether oxygens (including phenoxy) is 1. The Labute approximate surface area is 137 Å². The van der Waals surface area contributed by atoms with Crippen LogP contribution in [0.3, 0.4) is 0 Å². The van der Waals surface area contributed by atoms with Crippen LogP contribution in [-0.4, -0.2) is 22.7 Å². The smallest absolute Gasteiger partial charge is 0.322 e. The number of halogens is 2. The Morgan fingerprint density at radius 3 is 2.65 bits per heavy atom. The van der Waals surface area contributed by atoms with Gasteiger partial charge in [-0.1, -0.05) is 5.10 Å². The van der Waals surface area contributed by atoms with Crippen LogP contribution in [0, 0.1) is 5.82 Å². The molecule has 3 rings (SSSR count). The Kier molecular flexibility index (Phi) is 4.38. The van der Waals surface area contributed by atoms with Crippen molar-refractivity contribution in [2.75, 3.05) is 11.9 Å². The lowest BCUT2D eigenvalue weighted by molar-refractivity contribution is -0.118. The Hall–Kier alpha value is -2.68. The first-order chi connectivity index (χ1) is 11.1. The molecule has 0 radical (unpaired) electrons. The van der Waals surface area contributed by atoms with Crippen LogP contribution in [0.15, 0.2) is 49.9 Å². The number of amides is 1. The highest BCUT2D eigenvalue weighted by molar-refractivity contribution is 9.10. The highest BCUT2D eigenvalue weighted by Crippen LogP contribution is 2.24. The number of nitrogens with zero attached hydrogens (tertiary/aromatic N) is 2. The summed E-state index contributed by atoms with van der Waals surface area (Å²) < 4.78 is 29.0. The summed E-state index contributed by atoms with van der Waals surface area (Å²) in [7, 11) is 0. The quantitative estimate of drug-likeness (QED) is 0.729. The van der Waals surface area contributed by atoms with Gasteiger partial charge in [-0.25, -0.2) is 4.39 Å². The topological polar surface area (TPSA) is 90.4 Å². The van der Waals surface area contributed by atoms with Gasteiger partial charge in [0.25, 0.3) is 11.8 Å². The normalized spacial score (nSPS) is 10.5. The van der Waals surface area contributed by atoms with Crippen LogP contribution < -0.4 is 10.1 Å². The van der Waals surface area contributed by atoms with Gasteiger partial charge in [-0.3, -0.25) is 10.1 Å². The molecule has 0 bridgehead atoms. The summed E-state index contributed by atoms with van der Waals surface area (Å²) in [5, 5.41) is 9.82. The van der Waals surface area contributed by atoms with E-state index in [4.69, 9.17) is 13.6 Å². The number of nitrogens with one attached hydrogen (secondary N) is 1. The molecule has 0 saturated heterocycles. The van der Waals surface area contributed by atoms with Crippen LogP contribution in [0.25, 0.3) is 11.7 Å². The molecule has 1 amide bonds. The lowest BCUT2D eigenvalue weighted by atomic mass is 10.3. The second-order valence-electron chi connectivity index (χ2n) is 4.31. The highest BCUT2D eigenvalue weighted by Gasteiger charge is 2.14. The first kappa shape index (κ1) is 15.2. The number of aromatic nitrogens is 2. The fourth-order valence-electron chi connectivity index (χ4n) is 1.64. The van der Waals surface area contributed by atoms with Crippen LogP contribution in [0.1, 0.15) is 0 Å². The van der Waals surface area contributed by atoms with E-state index in [0.717, 1.165) is 0 Å². The van der Waals surface area contributed by atoms with E-state index in [1.54, 1.807) is 12.1 Å². The second kappa shape index (κ2) is 6.61. The number of hydrogen-bond donors (Lipinski definition) is 1. The third kappa shape index (κ3) is 3.95. The number of hydrogen-bond acceptors (Lipinski definition) is 6. The molecule has 23 heavy (non-hydrogen) atoms. The van der Waals surface area contributed by atoms with Gasteiger partial charge in [0.05, 0.1) is 0 Å². The van der Waals surface area contributed by atoms with Gasteiger partial charge in [0.1, 0.15) is 11.6 Å². The van der Waals surface area contributed by atoms with Crippen molar-refractivity contribution in [3.05, 3.63) is 46.9 Å². The van der Waals surface area contributed by atoms with Gasteiger partial charge in [0.15, 0.2) is 17.0 Å². The van der Waals surface area contributed by atoms with Gasteiger partial charge in [-0.15, -0.1) is 5.10 Å². The number of benzene rings is 1. The zero-order valence-corrected chi connectivity index (χ0v) is 13.0. The maximum absolute atomic E-state index is 12.7. The van der Waals surface area contributed by atoms with Gasteiger partial charge in [0.2, 0.25) is 0 Å². The SMILES string of the molecule is O=C(COc1ccc(F)cc1)Nc1nnc(-c2ccc(Br)o2)o1. The molecule has 9 heteroatoms. The molecule has 0 aliphatic heterocycles. The van der Waals surface area contributed by atoms with Crippen LogP contribution >= 0.6 is 15.9 Å². The van der Waals surface area contributed by atoms with Gasteiger partial charge in [0, 0.05) is 0 Å². The zero-order chi connectivity index (χ0) is 16.2. The standard InChI is InChI=1S/C14H9BrFN3O4/c15-11-6-5-10(22-11)13-18-19-14(23-13)17-12(20)7-21-9-3-1-8(16)2-4-9/h1-6H,7H2,(H,17,19,20). The lowest BCUT2D eigenvalue weighted by Crippen LogP contribution is -2.20. The molecule has 2 aromatic heterocycles. The highest BCUT2D eigenvalue weighted by atomic mass is 79.9. The fourth-order valence-corrected chi connectivity index (χ4v) is 1.94. The minimum Gasteiger partial charge on any atom is -0.484 e. The van der Waals surface area contributed by atoms with Crippen LogP contribution in [0.5, 0.6) is 5.75 Å². The van der Waals surface area contributed by atoms with Crippen LogP contribution in [0.2, 0.25) is 0 Å². The number of furan rings is 1. The van der Waals surface area contributed by atoms with E-state index < -0.39 is 5.91 Å². The van der Waals surface area contributed by atoms with E-state index in [0.29, 0.717) is 16.2 Å². The minimum atomic E-state index is -0.495. The summed E-state index contributed by atoms with van der Waals surface area (Å²) in [6, 6.07) is 8.54. The number of carbonyl (C=O) groups is 1. The molecule has 0 fully saturated rings. The lowest BCUT2D eigenvalue weighted by Gasteiger charge is -2.04. The molecule has 0 unspecified atom stereocenters. The first-order valence-electron chi connectivity index (χ1n) is 6.37. The molecule has 0 atom stereocenters. The van der Waals surface area contributed by atoms with Crippen molar-refractivity contribution >= 4 is 27.9 Å². The maximum Gasteiger partial charge on any atom is 0.322 e. The van der Waals surface area contributed by atoms with E-state index in [1.165, 1.54) is 24.3 Å². The molecule has 2 heterocycles. The van der Waals surface area contributed by atoms with Gasteiger partial charge >= 0.3 is 6.01 Å². The number of rotatable bonds is 5. The molecular weight excluding hydrogens is 373 g/mol. The van der Waals surface area contributed by atoms with Crippen LogP contribution in [0.4, 0.5) is 10.4 Å². The van der Waals surface area contributed by atoms with Crippen molar-refractivity contribution < 1.29 is 22.8 Å². The van der Waals surface area contributed by atoms with Crippen molar-refractivity contribution in [1.82, 2.24) is 10.2 Å². The van der Waals surface area contributed by atoms with E-state index >= 15 is 0 Å². The molecule has 0 saturated carbocycles. The molecule has 0 aliphatic rings. The summed E-state index contributed by atoms with van der Waals surface area (Å²) >= 11 is 3.16. The van der Waals surface area contributed by atoms with E-state index in [2.05, 4.69) is 31.4 Å². The largest absolute Gasteiger partial charge is 0.484 e. The molecule has 0 spiro atoms. The average Bonchev–Trinajstić information content (AvgIpc) is 3.16. The Morgan fingerprint density at radius 2 is 1.96 bits per heavy atom. The van der Waals surface area contributed by atoms with Crippen molar-refractivity contribution in [3.63, 3.8) is 0 Å². The van der Waals surface area contributed by atoms with Gasteiger partial charge in [-0.05, 0) is 52.3 Å². The van der Waals surface area contributed by atoms with E-state index in [9.17, 15) is 9.18 Å². The predicted octanol–water partition coefficient (Wildman–Crippen LogP) is 3.25. The average molecular weight is 382 g/mol. The molecule has 0 aliphatic carbocycles. The molecule has 7 nitrogen and oxygen atoms in total. The van der Waals surface area contributed by atoms with Crippen molar-refractivity contribution in [2.45, 2.75) is 0 Å². The third-order valence-electron chi connectivity index (χ3n) is 2.64. The van der Waals surface area contributed by atoms with Crippen molar-refractivity contribution in [3.8, 4) is 17.4 Å². The Morgan fingerprint density at radius 1 is 1.17 bits per heavy atom.